The van der Waals surface area contributed by atoms with E-state index in [0.717, 1.165) is 48.4 Å². The summed E-state index contributed by atoms with van der Waals surface area (Å²) in [4.78, 5) is 4.48. The summed E-state index contributed by atoms with van der Waals surface area (Å²) < 4.78 is 11.3. The lowest BCUT2D eigenvalue weighted by atomic mass is 9.81. The number of benzene rings is 1. The molecular weight excluding hydrogens is 429 g/mol. The van der Waals surface area contributed by atoms with Gasteiger partial charge in [-0.05, 0) is 36.8 Å². The number of nitrogens with one attached hydrogen (secondary N) is 1. The average molecular weight is 459 g/mol. The van der Waals surface area contributed by atoms with E-state index in [2.05, 4.69) is 17.2 Å². The second kappa shape index (κ2) is 10.1. The van der Waals surface area contributed by atoms with Crippen molar-refractivity contribution < 1.29 is 9.47 Å². The van der Waals surface area contributed by atoms with E-state index in [1.807, 2.05) is 18.2 Å². The fourth-order valence-electron chi connectivity index (χ4n) is 3.62. The number of aliphatic imine (C=N–C) groups is 1. The molecule has 1 aliphatic carbocycles. The molecule has 1 saturated carbocycles. The number of guanidine groups is 1. The minimum absolute atomic E-state index is 0. The lowest BCUT2D eigenvalue weighted by Gasteiger charge is -2.26. The summed E-state index contributed by atoms with van der Waals surface area (Å²) in [5, 5.41) is 3.15. The van der Waals surface area contributed by atoms with Crippen LogP contribution in [0.2, 0.25) is 0 Å². The molecule has 2 aliphatic rings. The van der Waals surface area contributed by atoms with Gasteiger partial charge >= 0.3 is 0 Å². The van der Waals surface area contributed by atoms with Crippen molar-refractivity contribution in [3.05, 3.63) is 18.2 Å². The van der Waals surface area contributed by atoms with Crippen LogP contribution in [0, 0.1) is 11.8 Å². The first-order chi connectivity index (χ1) is 11.7. The summed E-state index contributed by atoms with van der Waals surface area (Å²) in [6.45, 7) is 4.53. The molecule has 2 atom stereocenters. The number of anilines is 1. The van der Waals surface area contributed by atoms with Crippen molar-refractivity contribution in [2.75, 3.05) is 25.1 Å². The average Bonchev–Trinajstić information content (AvgIpc) is 2.80. The second-order valence-electron chi connectivity index (χ2n) is 7.03. The van der Waals surface area contributed by atoms with Crippen molar-refractivity contribution in [2.24, 2.45) is 22.6 Å². The Labute approximate surface area is 167 Å². The topological polar surface area (TPSA) is 68.9 Å². The third-order valence-corrected chi connectivity index (χ3v) is 4.88. The summed E-state index contributed by atoms with van der Waals surface area (Å²) in [5.74, 6) is 3.70. The quantitative estimate of drug-likeness (QED) is 0.398. The van der Waals surface area contributed by atoms with Gasteiger partial charge in [-0.25, -0.2) is 0 Å². The van der Waals surface area contributed by atoms with E-state index in [1.165, 1.54) is 25.7 Å². The van der Waals surface area contributed by atoms with Crippen molar-refractivity contribution in [3.8, 4) is 11.5 Å². The first-order valence-corrected chi connectivity index (χ1v) is 9.17. The van der Waals surface area contributed by atoms with Crippen LogP contribution in [-0.2, 0) is 0 Å². The molecule has 6 heteroatoms. The van der Waals surface area contributed by atoms with Gasteiger partial charge in [-0.2, -0.15) is 0 Å². The van der Waals surface area contributed by atoms with E-state index >= 15 is 0 Å². The number of nitrogens with zero attached hydrogens (tertiary/aromatic N) is 1. The van der Waals surface area contributed by atoms with E-state index in [9.17, 15) is 0 Å². The molecule has 0 aromatic heterocycles. The van der Waals surface area contributed by atoms with E-state index in [1.54, 1.807) is 0 Å². The van der Waals surface area contributed by atoms with Gasteiger partial charge in [-0.1, -0.05) is 26.2 Å². The number of hydrogen-bond donors (Lipinski definition) is 2. The summed E-state index contributed by atoms with van der Waals surface area (Å²) >= 11 is 0. The molecule has 0 radical (unpaired) electrons. The third kappa shape index (κ3) is 6.24. The predicted molar refractivity (Wildman–Crippen MR) is 113 cm³/mol. The van der Waals surface area contributed by atoms with Crippen LogP contribution in [0.3, 0.4) is 0 Å². The Kier molecular flexibility index (Phi) is 8.12. The van der Waals surface area contributed by atoms with E-state index in [4.69, 9.17) is 15.2 Å². The molecule has 0 bridgehead atoms. The minimum atomic E-state index is 0. The van der Waals surface area contributed by atoms with Crippen molar-refractivity contribution in [1.82, 2.24) is 0 Å². The highest BCUT2D eigenvalue weighted by atomic mass is 127. The Morgan fingerprint density at radius 1 is 1.20 bits per heavy atom. The highest BCUT2D eigenvalue weighted by molar-refractivity contribution is 14.0. The van der Waals surface area contributed by atoms with Gasteiger partial charge < -0.3 is 20.5 Å². The Bertz CT molecular complexity index is 580. The summed E-state index contributed by atoms with van der Waals surface area (Å²) in [7, 11) is 0. The molecule has 5 nitrogen and oxygen atoms in total. The zero-order valence-corrected chi connectivity index (χ0v) is 17.3. The molecule has 0 saturated heterocycles. The molecular formula is C19H30IN3O2. The zero-order valence-electron chi connectivity index (χ0n) is 15.0. The summed E-state index contributed by atoms with van der Waals surface area (Å²) in [6, 6.07) is 5.78. The van der Waals surface area contributed by atoms with Gasteiger partial charge in [0.05, 0.1) is 13.2 Å². The number of fused-ring (bicyclic) bond motifs is 1. The second-order valence-corrected chi connectivity index (χ2v) is 7.03. The van der Waals surface area contributed by atoms with Crippen molar-refractivity contribution in [3.63, 3.8) is 0 Å². The van der Waals surface area contributed by atoms with Crippen LogP contribution in [-0.4, -0.2) is 25.7 Å². The number of rotatable bonds is 4. The molecule has 1 fully saturated rings. The summed E-state index contributed by atoms with van der Waals surface area (Å²) in [6.07, 6.45) is 7.46. The lowest BCUT2D eigenvalue weighted by Crippen LogP contribution is -2.23. The Hall–Kier alpha value is -1.18. The van der Waals surface area contributed by atoms with Gasteiger partial charge in [0.15, 0.2) is 17.5 Å². The molecule has 0 spiro atoms. The van der Waals surface area contributed by atoms with E-state index in [0.29, 0.717) is 19.2 Å². The Balaban J connectivity index is 0.00000225. The summed E-state index contributed by atoms with van der Waals surface area (Å²) in [5.41, 5.74) is 6.90. The first kappa shape index (κ1) is 20.1. The molecule has 2 unspecified atom stereocenters. The van der Waals surface area contributed by atoms with Crippen LogP contribution in [0.1, 0.15) is 45.4 Å². The van der Waals surface area contributed by atoms with E-state index in [-0.39, 0.29) is 24.0 Å². The predicted octanol–water partition coefficient (Wildman–Crippen LogP) is 4.41. The molecule has 140 valence electrons. The van der Waals surface area contributed by atoms with Crippen LogP contribution in [0.15, 0.2) is 23.2 Å². The molecule has 3 N–H and O–H groups in total. The molecule has 1 heterocycles. The van der Waals surface area contributed by atoms with Gasteiger partial charge in [0.25, 0.3) is 0 Å². The van der Waals surface area contributed by atoms with Crippen LogP contribution in [0.25, 0.3) is 0 Å². The minimum Gasteiger partial charge on any atom is -0.490 e. The lowest BCUT2D eigenvalue weighted by molar-refractivity contribution is 0.273. The van der Waals surface area contributed by atoms with Gasteiger partial charge in [-0.15, -0.1) is 24.0 Å². The van der Waals surface area contributed by atoms with Crippen LogP contribution in [0.5, 0.6) is 11.5 Å². The van der Waals surface area contributed by atoms with Crippen LogP contribution in [0.4, 0.5) is 5.69 Å². The maximum absolute atomic E-state index is 6.02. The van der Waals surface area contributed by atoms with Gasteiger partial charge in [0, 0.05) is 24.7 Å². The van der Waals surface area contributed by atoms with Crippen LogP contribution >= 0.6 is 24.0 Å². The molecule has 3 rings (SSSR count). The van der Waals surface area contributed by atoms with Gasteiger partial charge in [0.2, 0.25) is 0 Å². The van der Waals surface area contributed by atoms with Gasteiger partial charge in [-0.3, -0.25) is 4.99 Å². The molecule has 1 aliphatic heterocycles. The molecule has 0 amide bonds. The van der Waals surface area contributed by atoms with E-state index < -0.39 is 0 Å². The smallest absolute Gasteiger partial charge is 0.193 e. The molecule has 1 aromatic rings. The number of ether oxygens (including phenoxy) is 2. The zero-order chi connectivity index (χ0) is 16.8. The van der Waals surface area contributed by atoms with Crippen molar-refractivity contribution in [2.45, 2.75) is 45.4 Å². The first-order valence-electron chi connectivity index (χ1n) is 9.17. The Morgan fingerprint density at radius 3 is 2.80 bits per heavy atom. The molecule has 1 aromatic carbocycles. The highest BCUT2D eigenvalue weighted by Crippen LogP contribution is 2.32. The van der Waals surface area contributed by atoms with Crippen LogP contribution < -0.4 is 20.5 Å². The molecule has 25 heavy (non-hydrogen) atoms. The number of hydrogen-bond acceptors (Lipinski definition) is 3. The Morgan fingerprint density at radius 2 is 2.00 bits per heavy atom. The monoisotopic (exact) mass is 459 g/mol. The van der Waals surface area contributed by atoms with Gasteiger partial charge in [0.1, 0.15) is 0 Å². The van der Waals surface area contributed by atoms with Crippen molar-refractivity contribution in [1.29, 1.82) is 0 Å². The maximum atomic E-state index is 6.02. The SMILES string of the molecule is CC1CCCC(CCN=C(N)Nc2ccc3c(c2)OCCCO3)C1.I. The number of nitrogens with two attached hydrogens (primary N) is 1. The van der Waals surface area contributed by atoms with Crippen molar-refractivity contribution >= 4 is 35.6 Å². The largest absolute Gasteiger partial charge is 0.490 e. The highest BCUT2D eigenvalue weighted by Gasteiger charge is 2.18. The standard InChI is InChI=1S/C19H29N3O2.HI/c1-14-4-2-5-15(12-14)8-9-21-19(20)22-16-6-7-17-18(13-16)24-11-3-10-23-17;/h6-7,13-15H,2-5,8-12H2,1H3,(H3,20,21,22);1H. The third-order valence-electron chi connectivity index (χ3n) is 4.88. The fraction of sp³-hybridized carbons (Fsp3) is 0.632. The normalized spacial score (nSPS) is 23.3. The maximum Gasteiger partial charge on any atom is 0.193 e. The fourth-order valence-corrected chi connectivity index (χ4v) is 3.62. The number of halogens is 1.